The van der Waals surface area contributed by atoms with Crippen molar-refractivity contribution in [2.75, 3.05) is 19.6 Å². The van der Waals surface area contributed by atoms with Gasteiger partial charge in [-0.3, -0.25) is 4.79 Å². The van der Waals surface area contributed by atoms with Crippen LogP contribution in [0.3, 0.4) is 0 Å². The summed E-state index contributed by atoms with van der Waals surface area (Å²) in [6.07, 6.45) is 4.12. The Morgan fingerprint density at radius 2 is 2.15 bits per heavy atom. The number of piperazine rings is 1. The highest BCUT2D eigenvalue weighted by molar-refractivity contribution is 5.85. The summed E-state index contributed by atoms with van der Waals surface area (Å²) in [6.45, 7) is 6.86. The Morgan fingerprint density at radius 1 is 1.37 bits per heavy atom. The fourth-order valence-corrected chi connectivity index (χ4v) is 3.38. The minimum Gasteiger partial charge on any atom is -0.334 e. The molecule has 0 aliphatic carbocycles. The van der Waals surface area contributed by atoms with Crippen LogP contribution in [0.4, 0.5) is 4.39 Å². The van der Waals surface area contributed by atoms with Crippen molar-refractivity contribution in [1.29, 1.82) is 0 Å². The highest BCUT2D eigenvalue weighted by Gasteiger charge is 2.27. The molecule has 1 unspecified atom stereocenters. The Labute approximate surface area is 172 Å². The summed E-state index contributed by atoms with van der Waals surface area (Å²) in [5.74, 6) is 1.15. The molecule has 1 aromatic carbocycles. The van der Waals surface area contributed by atoms with E-state index >= 15 is 0 Å². The van der Waals surface area contributed by atoms with E-state index in [1.54, 1.807) is 12.3 Å². The minimum absolute atomic E-state index is 0. The number of halogens is 3. The van der Waals surface area contributed by atoms with E-state index in [1.165, 1.54) is 12.1 Å². The number of benzene rings is 1. The second kappa shape index (κ2) is 10.6. The van der Waals surface area contributed by atoms with Gasteiger partial charge in [0.15, 0.2) is 0 Å². The number of hydrogen-bond donors (Lipinski definition) is 1. The van der Waals surface area contributed by atoms with Crippen LogP contribution in [-0.4, -0.2) is 40.0 Å². The first-order valence-electron chi connectivity index (χ1n) is 8.83. The molecule has 1 aromatic heterocycles. The van der Waals surface area contributed by atoms with Gasteiger partial charge in [-0.2, -0.15) is 0 Å². The molecule has 3 rings (SSSR count). The molecule has 1 amide bonds. The van der Waals surface area contributed by atoms with Crippen LogP contribution < -0.4 is 5.32 Å². The number of carbonyl (C=O) groups excluding carboxylic acids is 1. The van der Waals surface area contributed by atoms with Gasteiger partial charge in [-0.1, -0.05) is 26.0 Å². The molecule has 1 atom stereocenters. The summed E-state index contributed by atoms with van der Waals surface area (Å²) in [7, 11) is 0. The molecule has 150 valence electrons. The Morgan fingerprint density at radius 3 is 2.85 bits per heavy atom. The van der Waals surface area contributed by atoms with Gasteiger partial charge in [0.25, 0.3) is 0 Å². The molecule has 27 heavy (non-hydrogen) atoms. The molecule has 5 nitrogen and oxygen atoms in total. The van der Waals surface area contributed by atoms with E-state index in [2.05, 4.69) is 24.1 Å². The molecule has 1 aliphatic heterocycles. The second-order valence-electron chi connectivity index (χ2n) is 6.75. The maximum absolute atomic E-state index is 13.6. The van der Waals surface area contributed by atoms with E-state index in [0.717, 1.165) is 17.9 Å². The molecule has 2 aromatic rings. The van der Waals surface area contributed by atoms with Crippen LogP contribution in [0.1, 0.15) is 43.6 Å². The van der Waals surface area contributed by atoms with Crippen LogP contribution >= 0.6 is 24.8 Å². The molecular formula is C19H27Cl2FN4O. The molecule has 1 aliphatic rings. The summed E-state index contributed by atoms with van der Waals surface area (Å²) in [5, 5.41) is 3.30. The van der Waals surface area contributed by atoms with Crippen molar-refractivity contribution in [2.24, 2.45) is 0 Å². The van der Waals surface area contributed by atoms with E-state index < -0.39 is 0 Å². The maximum Gasteiger partial charge on any atom is 0.224 e. The van der Waals surface area contributed by atoms with E-state index in [9.17, 15) is 9.18 Å². The Balaban J connectivity index is 0.00000182. The zero-order valence-corrected chi connectivity index (χ0v) is 17.2. The third kappa shape index (κ3) is 5.67. The van der Waals surface area contributed by atoms with Crippen molar-refractivity contribution in [3.05, 3.63) is 53.9 Å². The lowest BCUT2D eigenvalue weighted by Gasteiger charge is -2.36. The summed E-state index contributed by atoms with van der Waals surface area (Å²) in [6, 6.07) is 6.41. The number of carbonyl (C=O) groups is 1. The van der Waals surface area contributed by atoms with Crippen LogP contribution in [-0.2, 0) is 11.3 Å². The van der Waals surface area contributed by atoms with Gasteiger partial charge in [-0.25, -0.2) is 9.37 Å². The van der Waals surface area contributed by atoms with Crippen molar-refractivity contribution in [3.63, 3.8) is 0 Å². The predicted octanol–water partition coefficient (Wildman–Crippen LogP) is 3.55. The van der Waals surface area contributed by atoms with Gasteiger partial charge in [-0.15, -0.1) is 24.8 Å². The fraction of sp³-hybridized carbons (Fsp3) is 0.474. The number of nitrogens with one attached hydrogen (secondary N) is 1. The van der Waals surface area contributed by atoms with Crippen molar-refractivity contribution in [1.82, 2.24) is 19.8 Å². The van der Waals surface area contributed by atoms with E-state index in [4.69, 9.17) is 0 Å². The van der Waals surface area contributed by atoms with Crippen LogP contribution in [0.2, 0.25) is 0 Å². The number of nitrogens with zero attached hydrogens (tertiary/aromatic N) is 3. The monoisotopic (exact) mass is 416 g/mol. The molecule has 0 spiro atoms. The normalized spacial score (nSPS) is 16.6. The van der Waals surface area contributed by atoms with Crippen LogP contribution in [0.5, 0.6) is 0 Å². The van der Waals surface area contributed by atoms with Gasteiger partial charge in [0.05, 0.1) is 6.04 Å². The zero-order valence-electron chi connectivity index (χ0n) is 15.6. The van der Waals surface area contributed by atoms with Gasteiger partial charge in [0, 0.05) is 50.9 Å². The number of amides is 1. The Kier molecular flexibility index (Phi) is 9.22. The van der Waals surface area contributed by atoms with Crippen molar-refractivity contribution in [3.8, 4) is 0 Å². The van der Waals surface area contributed by atoms with Gasteiger partial charge >= 0.3 is 0 Å². The zero-order chi connectivity index (χ0) is 17.8. The molecule has 0 saturated carbocycles. The summed E-state index contributed by atoms with van der Waals surface area (Å²) in [4.78, 5) is 19.1. The van der Waals surface area contributed by atoms with Crippen molar-refractivity contribution < 1.29 is 9.18 Å². The lowest BCUT2D eigenvalue weighted by Crippen LogP contribution is -2.48. The molecule has 1 saturated heterocycles. The standard InChI is InChI=1S/C19H25FN4O.2ClH/c1-14(2)19-22-8-10-23(19)9-6-18(25)24-11-7-21-13-17(24)15-4-3-5-16(20)12-15;;/h3-5,8,10,12,14,17,21H,6-7,9,11,13H2,1-2H3;2*1H. The second-order valence-corrected chi connectivity index (χ2v) is 6.75. The molecule has 1 fully saturated rings. The first-order chi connectivity index (χ1) is 12.1. The van der Waals surface area contributed by atoms with E-state index in [0.29, 0.717) is 32.0 Å². The van der Waals surface area contributed by atoms with E-state index in [1.807, 2.05) is 21.7 Å². The van der Waals surface area contributed by atoms with Gasteiger partial charge in [0.1, 0.15) is 11.6 Å². The quantitative estimate of drug-likeness (QED) is 0.810. The fourth-order valence-electron chi connectivity index (χ4n) is 3.38. The highest BCUT2D eigenvalue weighted by Crippen LogP contribution is 2.24. The number of imidazole rings is 1. The number of aromatic nitrogens is 2. The maximum atomic E-state index is 13.6. The highest BCUT2D eigenvalue weighted by atomic mass is 35.5. The SMILES string of the molecule is CC(C)c1nccn1CCC(=O)N1CCNCC1c1cccc(F)c1.Cl.Cl. The first-order valence-corrected chi connectivity index (χ1v) is 8.83. The van der Waals surface area contributed by atoms with Crippen molar-refractivity contribution >= 4 is 30.7 Å². The van der Waals surface area contributed by atoms with Gasteiger partial charge < -0.3 is 14.8 Å². The molecule has 8 heteroatoms. The first kappa shape index (κ1) is 23.4. The third-order valence-corrected chi connectivity index (χ3v) is 4.63. The van der Waals surface area contributed by atoms with Crippen molar-refractivity contribution in [2.45, 2.75) is 38.8 Å². The average Bonchev–Trinajstić information content (AvgIpc) is 3.08. The summed E-state index contributed by atoms with van der Waals surface area (Å²) < 4.78 is 15.6. The van der Waals surface area contributed by atoms with Crippen LogP contribution in [0.15, 0.2) is 36.7 Å². The van der Waals surface area contributed by atoms with Gasteiger partial charge in [-0.05, 0) is 17.7 Å². The Bertz CT molecular complexity index is 738. The number of hydrogen-bond acceptors (Lipinski definition) is 3. The molecule has 0 bridgehead atoms. The Hall–Kier alpha value is -1.63. The van der Waals surface area contributed by atoms with E-state index in [-0.39, 0.29) is 42.6 Å². The lowest BCUT2D eigenvalue weighted by molar-refractivity contribution is -0.134. The number of aryl methyl sites for hydroxylation is 1. The summed E-state index contributed by atoms with van der Waals surface area (Å²) >= 11 is 0. The largest absolute Gasteiger partial charge is 0.334 e. The summed E-state index contributed by atoms with van der Waals surface area (Å²) in [5.41, 5.74) is 0.839. The topological polar surface area (TPSA) is 50.2 Å². The molecule has 2 heterocycles. The third-order valence-electron chi connectivity index (χ3n) is 4.63. The van der Waals surface area contributed by atoms with Crippen LogP contribution in [0, 0.1) is 5.82 Å². The predicted molar refractivity (Wildman–Crippen MR) is 109 cm³/mol. The minimum atomic E-state index is -0.268. The molecule has 0 radical (unpaired) electrons. The van der Waals surface area contributed by atoms with Crippen LogP contribution in [0.25, 0.3) is 0 Å². The molecular weight excluding hydrogens is 390 g/mol. The average molecular weight is 417 g/mol. The van der Waals surface area contributed by atoms with Gasteiger partial charge in [0.2, 0.25) is 5.91 Å². The molecule has 1 N–H and O–H groups in total. The smallest absolute Gasteiger partial charge is 0.224 e. The number of rotatable bonds is 5. The lowest BCUT2D eigenvalue weighted by atomic mass is 10.0.